The second kappa shape index (κ2) is 4.33. The summed E-state index contributed by atoms with van der Waals surface area (Å²) in [5, 5.41) is 14.5. The molecule has 0 aliphatic heterocycles. The van der Waals surface area contributed by atoms with Crippen molar-refractivity contribution >= 4 is 23.5 Å². The number of aliphatic carboxylic acids is 1. The van der Waals surface area contributed by atoms with E-state index in [1.54, 1.807) is 4.52 Å². The van der Waals surface area contributed by atoms with E-state index in [2.05, 4.69) is 15.1 Å². The smallest absolute Gasteiger partial charge is 0.253 e. The maximum Gasteiger partial charge on any atom is 0.253 e. The van der Waals surface area contributed by atoms with E-state index >= 15 is 0 Å². The van der Waals surface area contributed by atoms with Gasteiger partial charge >= 0.3 is 0 Å². The second-order valence-corrected chi connectivity index (χ2v) is 5.03. The van der Waals surface area contributed by atoms with Crippen LogP contribution in [0.15, 0.2) is 11.2 Å². The van der Waals surface area contributed by atoms with Crippen molar-refractivity contribution in [2.24, 2.45) is 0 Å². The fraction of sp³-hybridized carbons (Fsp3) is 0.400. The van der Waals surface area contributed by atoms with Crippen LogP contribution in [-0.4, -0.2) is 30.8 Å². The van der Waals surface area contributed by atoms with Crippen LogP contribution in [-0.2, 0) is 4.79 Å². The lowest BCUT2D eigenvalue weighted by Gasteiger charge is -2.07. The summed E-state index contributed by atoms with van der Waals surface area (Å²) in [6.07, 6.45) is 0. The molecule has 0 bridgehead atoms. The average molecular weight is 251 g/mol. The Hall–Kier alpha value is -1.63. The first-order valence-corrected chi connectivity index (χ1v) is 5.94. The summed E-state index contributed by atoms with van der Waals surface area (Å²) in [5.41, 5.74) is 1.76. The second-order valence-electron chi connectivity index (χ2n) is 3.72. The van der Waals surface area contributed by atoms with Gasteiger partial charge in [0.05, 0.1) is 5.97 Å². The largest absolute Gasteiger partial charge is 0.549 e. The van der Waals surface area contributed by atoms with E-state index in [1.807, 2.05) is 19.9 Å². The first-order valence-electron chi connectivity index (χ1n) is 5.06. The van der Waals surface area contributed by atoms with Gasteiger partial charge < -0.3 is 9.90 Å². The monoisotopic (exact) mass is 251 g/mol. The molecular weight excluding hydrogens is 240 g/mol. The van der Waals surface area contributed by atoms with E-state index in [1.165, 1.54) is 6.92 Å². The van der Waals surface area contributed by atoms with Gasteiger partial charge in [-0.3, -0.25) is 0 Å². The van der Waals surface area contributed by atoms with Crippen LogP contribution in [0.2, 0.25) is 0 Å². The summed E-state index contributed by atoms with van der Waals surface area (Å²) >= 11 is 1.05. The number of nitrogens with zero attached hydrogens (tertiary/aromatic N) is 4. The van der Waals surface area contributed by atoms with Gasteiger partial charge in [0.1, 0.15) is 0 Å². The number of carbonyl (C=O) groups excluding carboxylic acids is 1. The molecule has 2 heterocycles. The predicted molar refractivity (Wildman–Crippen MR) is 60.6 cm³/mol. The van der Waals surface area contributed by atoms with Gasteiger partial charge in [-0.05, 0) is 26.8 Å². The quantitative estimate of drug-likeness (QED) is 0.712. The van der Waals surface area contributed by atoms with E-state index < -0.39 is 11.2 Å². The highest BCUT2D eigenvalue weighted by atomic mass is 32.2. The van der Waals surface area contributed by atoms with Crippen molar-refractivity contribution in [2.45, 2.75) is 31.2 Å². The molecule has 0 saturated carbocycles. The number of carboxylic acids is 1. The molecule has 0 unspecified atom stereocenters. The molecule has 2 aromatic rings. The number of hydrogen-bond acceptors (Lipinski definition) is 6. The van der Waals surface area contributed by atoms with Crippen LogP contribution in [0.25, 0.3) is 5.78 Å². The van der Waals surface area contributed by atoms with E-state index in [9.17, 15) is 9.90 Å². The summed E-state index contributed by atoms with van der Waals surface area (Å²) in [4.78, 5) is 19.0. The zero-order valence-corrected chi connectivity index (χ0v) is 10.5. The molecular formula is C10H11N4O2S-. The fourth-order valence-corrected chi connectivity index (χ4v) is 2.08. The van der Waals surface area contributed by atoms with Crippen molar-refractivity contribution in [1.29, 1.82) is 0 Å². The predicted octanol–water partition coefficient (Wildman–Crippen LogP) is -0.0284. The molecule has 7 heteroatoms. The van der Waals surface area contributed by atoms with Gasteiger partial charge in [-0.15, -0.1) is 5.10 Å². The number of carbonyl (C=O) groups is 1. The zero-order chi connectivity index (χ0) is 12.6. The molecule has 6 nitrogen and oxygen atoms in total. The van der Waals surface area contributed by atoms with Crippen LogP contribution >= 0.6 is 11.8 Å². The average Bonchev–Trinajstić information content (AvgIpc) is 2.60. The molecule has 0 spiro atoms. The Kier molecular flexibility index (Phi) is 3.01. The van der Waals surface area contributed by atoms with E-state index in [4.69, 9.17) is 0 Å². The standard InChI is InChI=1S/C10H12N4O2S/c1-5-4-6(2)14-9(11-5)12-10(13-14)17-7(3)8(15)16/h4,7H,1-3H3,(H,15,16)/p-1/t7-/m0/s1. The minimum absolute atomic E-state index is 0.392. The molecule has 0 radical (unpaired) electrons. The molecule has 0 aliphatic carbocycles. The van der Waals surface area contributed by atoms with Crippen molar-refractivity contribution in [2.75, 3.05) is 0 Å². The van der Waals surface area contributed by atoms with E-state index in [-0.39, 0.29) is 0 Å². The Labute approximate surface area is 102 Å². The first kappa shape index (κ1) is 11.8. The summed E-state index contributed by atoms with van der Waals surface area (Å²) in [7, 11) is 0. The third kappa shape index (κ3) is 2.38. The number of thioether (sulfide) groups is 1. The Balaban J connectivity index is 2.38. The third-order valence-corrected chi connectivity index (χ3v) is 3.14. The van der Waals surface area contributed by atoms with Crippen molar-refractivity contribution in [3.8, 4) is 0 Å². The molecule has 0 aromatic carbocycles. The third-order valence-electron chi connectivity index (χ3n) is 2.21. The Morgan fingerprint density at radius 1 is 1.47 bits per heavy atom. The van der Waals surface area contributed by atoms with Gasteiger partial charge in [0.15, 0.2) is 0 Å². The normalized spacial score (nSPS) is 12.9. The number of carboxylic acid groups (broad SMARTS) is 1. The highest BCUT2D eigenvalue weighted by Crippen LogP contribution is 2.19. The number of aryl methyl sites for hydroxylation is 2. The highest BCUT2D eigenvalue weighted by molar-refractivity contribution is 8.00. The minimum atomic E-state index is -1.13. The number of rotatable bonds is 3. The maximum absolute atomic E-state index is 10.6. The van der Waals surface area contributed by atoms with Gasteiger partial charge in [0.25, 0.3) is 5.78 Å². The lowest BCUT2D eigenvalue weighted by molar-refractivity contribution is -0.304. The molecule has 2 aromatic heterocycles. The van der Waals surface area contributed by atoms with E-state index in [0.717, 1.165) is 23.1 Å². The van der Waals surface area contributed by atoms with Crippen LogP contribution in [0, 0.1) is 13.8 Å². The summed E-state index contributed by atoms with van der Waals surface area (Å²) in [6.45, 7) is 5.31. The highest BCUT2D eigenvalue weighted by Gasteiger charge is 2.12. The van der Waals surface area contributed by atoms with Gasteiger partial charge in [0.2, 0.25) is 5.16 Å². The minimum Gasteiger partial charge on any atom is -0.549 e. The lowest BCUT2D eigenvalue weighted by Crippen LogP contribution is -2.31. The van der Waals surface area contributed by atoms with Crippen LogP contribution < -0.4 is 5.11 Å². The Morgan fingerprint density at radius 2 is 2.18 bits per heavy atom. The molecule has 17 heavy (non-hydrogen) atoms. The molecule has 2 rings (SSSR count). The van der Waals surface area contributed by atoms with Gasteiger partial charge in [0, 0.05) is 16.6 Å². The molecule has 0 saturated heterocycles. The van der Waals surface area contributed by atoms with Crippen LogP contribution in [0.4, 0.5) is 0 Å². The molecule has 1 atom stereocenters. The number of hydrogen-bond donors (Lipinski definition) is 0. The number of aromatic nitrogens is 4. The molecule has 0 aliphatic rings. The van der Waals surface area contributed by atoms with Gasteiger partial charge in [-0.25, -0.2) is 9.50 Å². The fourth-order valence-electron chi connectivity index (χ4n) is 1.40. The summed E-state index contributed by atoms with van der Waals surface area (Å²) in [6, 6.07) is 1.89. The van der Waals surface area contributed by atoms with Crippen molar-refractivity contribution in [3.63, 3.8) is 0 Å². The first-order chi connectivity index (χ1) is 7.97. The zero-order valence-electron chi connectivity index (χ0n) is 9.67. The van der Waals surface area contributed by atoms with Crippen LogP contribution in [0.1, 0.15) is 18.3 Å². The molecule has 0 amide bonds. The summed E-state index contributed by atoms with van der Waals surface area (Å²) < 4.78 is 1.59. The summed E-state index contributed by atoms with van der Waals surface area (Å²) in [5.74, 6) is -0.648. The van der Waals surface area contributed by atoms with Gasteiger partial charge in [-0.1, -0.05) is 11.8 Å². The van der Waals surface area contributed by atoms with E-state index in [0.29, 0.717) is 10.9 Å². The SMILES string of the molecule is Cc1cc(C)n2nc(S[C@@H](C)C(=O)[O-])nc2n1. The maximum atomic E-state index is 10.6. The van der Waals surface area contributed by atoms with Crippen molar-refractivity contribution < 1.29 is 9.90 Å². The molecule has 0 N–H and O–H groups in total. The van der Waals surface area contributed by atoms with Crippen LogP contribution in [0.5, 0.6) is 0 Å². The lowest BCUT2D eigenvalue weighted by atomic mass is 10.4. The molecule has 0 fully saturated rings. The Bertz CT molecular complexity index is 581. The Morgan fingerprint density at radius 3 is 2.82 bits per heavy atom. The van der Waals surface area contributed by atoms with Crippen LogP contribution in [0.3, 0.4) is 0 Å². The van der Waals surface area contributed by atoms with Gasteiger partial charge in [-0.2, -0.15) is 4.98 Å². The topological polar surface area (TPSA) is 83.2 Å². The van der Waals surface area contributed by atoms with Crippen molar-refractivity contribution in [3.05, 3.63) is 17.5 Å². The molecule has 90 valence electrons. The number of fused-ring (bicyclic) bond motifs is 1. The van der Waals surface area contributed by atoms with Crippen molar-refractivity contribution in [1.82, 2.24) is 19.6 Å².